The monoisotopic (exact) mass is 223 g/mol. The van der Waals surface area contributed by atoms with Crippen LogP contribution < -0.4 is 4.90 Å². The Morgan fingerprint density at radius 1 is 1.56 bits per heavy atom. The summed E-state index contributed by atoms with van der Waals surface area (Å²) in [7, 11) is 1.52. The molecule has 1 aromatic carbocycles. The zero-order valence-electron chi connectivity index (χ0n) is 8.61. The normalized spacial score (nSPS) is 18.8. The SMILES string of the molecule is CN1C(=O)[C@@H](CC(=O)O)c2ccc(F)cc21. The standard InChI is InChI=1S/C11H10FNO3/c1-13-9-4-6(12)2-3-7(9)8(11(13)16)5-10(14)15/h2-4,8H,5H2,1H3,(H,14,15)/t8-/m0/s1. The molecule has 0 fully saturated rings. The number of halogens is 1. The molecule has 2 rings (SSSR count). The van der Waals surface area contributed by atoms with Crippen molar-refractivity contribution in [3.63, 3.8) is 0 Å². The number of carboxylic acids is 1. The third kappa shape index (κ3) is 1.54. The first-order chi connectivity index (χ1) is 7.50. The summed E-state index contributed by atoms with van der Waals surface area (Å²) in [5, 5.41) is 8.71. The van der Waals surface area contributed by atoms with Gasteiger partial charge < -0.3 is 10.0 Å². The van der Waals surface area contributed by atoms with Crippen LogP contribution in [-0.2, 0) is 9.59 Å². The van der Waals surface area contributed by atoms with Crippen molar-refractivity contribution in [2.75, 3.05) is 11.9 Å². The maximum absolute atomic E-state index is 13.0. The number of hydrogen-bond acceptors (Lipinski definition) is 2. The number of aliphatic carboxylic acids is 1. The average Bonchev–Trinajstić information content (AvgIpc) is 2.43. The van der Waals surface area contributed by atoms with Crippen LogP contribution in [0.15, 0.2) is 18.2 Å². The van der Waals surface area contributed by atoms with E-state index in [2.05, 4.69) is 0 Å². The van der Waals surface area contributed by atoms with Crippen LogP contribution in [0, 0.1) is 5.82 Å². The lowest BCUT2D eigenvalue weighted by Gasteiger charge is -2.09. The Balaban J connectivity index is 2.45. The molecule has 84 valence electrons. The van der Waals surface area contributed by atoms with E-state index < -0.39 is 17.7 Å². The topological polar surface area (TPSA) is 57.6 Å². The van der Waals surface area contributed by atoms with Gasteiger partial charge >= 0.3 is 5.97 Å². The number of fused-ring (bicyclic) bond motifs is 1. The molecular weight excluding hydrogens is 213 g/mol. The van der Waals surface area contributed by atoms with E-state index in [1.165, 1.54) is 30.1 Å². The van der Waals surface area contributed by atoms with Crippen LogP contribution in [0.2, 0.25) is 0 Å². The van der Waals surface area contributed by atoms with Crippen LogP contribution in [0.25, 0.3) is 0 Å². The predicted octanol–water partition coefficient (Wildman–Crippen LogP) is 1.36. The first-order valence-electron chi connectivity index (χ1n) is 4.79. The van der Waals surface area contributed by atoms with Gasteiger partial charge in [0.05, 0.1) is 18.0 Å². The summed E-state index contributed by atoms with van der Waals surface area (Å²) in [5.74, 6) is -2.47. The highest BCUT2D eigenvalue weighted by Crippen LogP contribution is 2.38. The van der Waals surface area contributed by atoms with Crippen molar-refractivity contribution in [3.05, 3.63) is 29.6 Å². The number of amides is 1. The van der Waals surface area contributed by atoms with Gasteiger partial charge in [0, 0.05) is 7.05 Å². The van der Waals surface area contributed by atoms with E-state index in [-0.39, 0.29) is 12.3 Å². The molecule has 0 saturated heterocycles. The van der Waals surface area contributed by atoms with E-state index in [1.807, 2.05) is 0 Å². The molecule has 1 amide bonds. The number of carbonyl (C=O) groups is 2. The fourth-order valence-electron chi connectivity index (χ4n) is 1.96. The number of carboxylic acid groups (broad SMARTS) is 1. The van der Waals surface area contributed by atoms with E-state index >= 15 is 0 Å². The molecule has 5 heteroatoms. The van der Waals surface area contributed by atoms with Gasteiger partial charge in [0.25, 0.3) is 0 Å². The second-order valence-corrected chi connectivity index (χ2v) is 3.75. The van der Waals surface area contributed by atoms with Gasteiger partial charge in [0.1, 0.15) is 5.82 Å². The minimum atomic E-state index is -1.04. The summed E-state index contributed by atoms with van der Waals surface area (Å²) >= 11 is 0. The maximum atomic E-state index is 13.0. The fourth-order valence-corrected chi connectivity index (χ4v) is 1.96. The molecule has 0 radical (unpaired) electrons. The lowest BCUT2D eigenvalue weighted by molar-refractivity contribution is -0.139. The number of anilines is 1. The van der Waals surface area contributed by atoms with Crippen molar-refractivity contribution in [2.45, 2.75) is 12.3 Å². The van der Waals surface area contributed by atoms with Crippen LogP contribution in [-0.4, -0.2) is 24.0 Å². The van der Waals surface area contributed by atoms with E-state index in [0.717, 1.165) is 0 Å². The Hall–Kier alpha value is -1.91. The molecule has 16 heavy (non-hydrogen) atoms. The average molecular weight is 223 g/mol. The smallest absolute Gasteiger partial charge is 0.304 e. The first kappa shape index (κ1) is 10.6. The molecule has 1 atom stereocenters. The summed E-state index contributed by atoms with van der Waals surface area (Å²) < 4.78 is 13.0. The highest BCUT2D eigenvalue weighted by Gasteiger charge is 2.36. The Morgan fingerprint density at radius 2 is 2.25 bits per heavy atom. The number of hydrogen-bond donors (Lipinski definition) is 1. The zero-order valence-corrected chi connectivity index (χ0v) is 8.61. The Bertz CT molecular complexity index is 472. The van der Waals surface area contributed by atoms with Crippen molar-refractivity contribution in [3.8, 4) is 0 Å². The van der Waals surface area contributed by atoms with Crippen LogP contribution >= 0.6 is 0 Å². The van der Waals surface area contributed by atoms with Gasteiger partial charge in [-0.25, -0.2) is 4.39 Å². The van der Waals surface area contributed by atoms with Gasteiger partial charge in [-0.3, -0.25) is 9.59 Å². The van der Waals surface area contributed by atoms with E-state index in [4.69, 9.17) is 5.11 Å². The van der Waals surface area contributed by atoms with Crippen LogP contribution in [0.3, 0.4) is 0 Å². The van der Waals surface area contributed by atoms with Gasteiger partial charge in [-0.05, 0) is 17.7 Å². The number of nitrogens with zero attached hydrogens (tertiary/aromatic N) is 1. The first-order valence-corrected chi connectivity index (χ1v) is 4.79. The zero-order chi connectivity index (χ0) is 11.9. The van der Waals surface area contributed by atoms with Gasteiger partial charge in [-0.2, -0.15) is 0 Å². The van der Waals surface area contributed by atoms with Crippen LogP contribution in [0.5, 0.6) is 0 Å². The maximum Gasteiger partial charge on any atom is 0.304 e. The van der Waals surface area contributed by atoms with Gasteiger partial charge in [-0.1, -0.05) is 6.07 Å². The van der Waals surface area contributed by atoms with E-state index in [0.29, 0.717) is 11.3 Å². The second-order valence-electron chi connectivity index (χ2n) is 3.75. The molecule has 4 nitrogen and oxygen atoms in total. The van der Waals surface area contributed by atoms with Gasteiger partial charge in [-0.15, -0.1) is 0 Å². The number of benzene rings is 1. The van der Waals surface area contributed by atoms with Gasteiger partial charge in [0.15, 0.2) is 0 Å². The fraction of sp³-hybridized carbons (Fsp3) is 0.273. The molecule has 1 N–H and O–H groups in total. The van der Waals surface area contributed by atoms with Crippen molar-refractivity contribution >= 4 is 17.6 Å². The summed E-state index contributed by atoms with van der Waals surface area (Å²) in [6.07, 6.45) is -0.262. The molecule has 1 aromatic rings. The number of likely N-dealkylation sites (N-methyl/N-ethyl adjacent to an activating group) is 1. The van der Waals surface area contributed by atoms with E-state index in [9.17, 15) is 14.0 Å². The lowest BCUT2D eigenvalue weighted by Crippen LogP contribution is -2.25. The molecule has 1 aliphatic rings. The Labute approximate surface area is 91.3 Å². The molecule has 0 unspecified atom stereocenters. The summed E-state index contributed by atoms with van der Waals surface area (Å²) in [4.78, 5) is 23.7. The van der Waals surface area contributed by atoms with Crippen LogP contribution in [0.1, 0.15) is 17.9 Å². The van der Waals surface area contributed by atoms with Gasteiger partial charge in [0.2, 0.25) is 5.91 Å². The second kappa shape index (κ2) is 3.59. The Morgan fingerprint density at radius 3 is 2.88 bits per heavy atom. The van der Waals surface area contributed by atoms with E-state index in [1.54, 1.807) is 0 Å². The quantitative estimate of drug-likeness (QED) is 0.823. The van der Waals surface area contributed by atoms with Crippen molar-refractivity contribution in [1.29, 1.82) is 0 Å². The van der Waals surface area contributed by atoms with Crippen molar-refractivity contribution in [2.24, 2.45) is 0 Å². The molecule has 0 saturated carbocycles. The van der Waals surface area contributed by atoms with Crippen molar-refractivity contribution < 1.29 is 19.1 Å². The third-order valence-corrected chi connectivity index (χ3v) is 2.74. The summed E-state index contributed by atoms with van der Waals surface area (Å²) in [5.41, 5.74) is 1.03. The lowest BCUT2D eigenvalue weighted by atomic mass is 9.97. The summed E-state index contributed by atoms with van der Waals surface area (Å²) in [6, 6.07) is 3.95. The highest BCUT2D eigenvalue weighted by molar-refractivity contribution is 6.05. The van der Waals surface area contributed by atoms with Crippen molar-refractivity contribution in [1.82, 2.24) is 0 Å². The molecule has 0 aliphatic carbocycles. The largest absolute Gasteiger partial charge is 0.481 e. The molecule has 1 aliphatic heterocycles. The number of carbonyl (C=O) groups excluding carboxylic acids is 1. The molecule has 0 bridgehead atoms. The molecule has 0 spiro atoms. The highest BCUT2D eigenvalue weighted by atomic mass is 19.1. The third-order valence-electron chi connectivity index (χ3n) is 2.74. The minimum absolute atomic E-state index is 0.262. The number of rotatable bonds is 2. The molecule has 0 aromatic heterocycles. The minimum Gasteiger partial charge on any atom is -0.481 e. The molecule has 1 heterocycles. The molecular formula is C11H10FNO3. The summed E-state index contributed by atoms with van der Waals surface area (Å²) in [6.45, 7) is 0. The predicted molar refractivity (Wildman–Crippen MR) is 54.8 cm³/mol. The Kier molecular flexibility index (Phi) is 2.38. The van der Waals surface area contributed by atoms with Crippen LogP contribution in [0.4, 0.5) is 10.1 Å².